The zero-order valence-corrected chi connectivity index (χ0v) is 15.4. The molecule has 0 spiro atoms. The van der Waals surface area contributed by atoms with Crippen LogP contribution >= 0.6 is 23.2 Å². The molecule has 0 aliphatic carbocycles. The average molecular weight is 376 g/mol. The van der Waals surface area contributed by atoms with E-state index in [4.69, 9.17) is 27.9 Å². The molecule has 1 aromatic carbocycles. The van der Waals surface area contributed by atoms with Gasteiger partial charge in [-0.15, -0.1) is 0 Å². The number of carbonyl (C=O) groups excluding carboxylic acids is 2. The predicted molar refractivity (Wildman–Crippen MR) is 96.7 cm³/mol. The molecule has 0 heterocycles. The number of amides is 2. The quantitative estimate of drug-likeness (QED) is 0.616. The normalized spacial score (nSPS) is 10.5. The molecule has 1 aromatic rings. The van der Waals surface area contributed by atoms with Crippen LogP contribution in [0.5, 0.6) is 0 Å². The predicted octanol–water partition coefficient (Wildman–Crippen LogP) is 2.41. The molecule has 24 heavy (non-hydrogen) atoms. The highest BCUT2D eigenvalue weighted by atomic mass is 35.5. The Morgan fingerprint density at radius 3 is 2.71 bits per heavy atom. The van der Waals surface area contributed by atoms with E-state index in [-0.39, 0.29) is 24.9 Å². The van der Waals surface area contributed by atoms with Gasteiger partial charge < -0.3 is 20.3 Å². The van der Waals surface area contributed by atoms with E-state index < -0.39 is 0 Å². The largest absolute Gasteiger partial charge is 0.383 e. The smallest absolute Gasteiger partial charge is 0.244 e. The van der Waals surface area contributed by atoms with Gasteiger partial charge in [0, 0.05) is 25.2 Å². The number of hydrogen-bond donors (Lipinski definition) is 2. The second-order valence-corrected chi connectivity index (χ2v) is 6.00. The minimum atomic E-state index is -0.321. The standard InChI is InChI=1S/C16H23Cl2N3O3/c1-3-7-21(16(23)10-19-6-8-24-2)11-15(22)20-14-9-12(17)4-5-13(14)18/h4-5,9,19H,3,6-8,10-11H2,1-2H3,(H,20,22). The third kappa shape index (κ3) is 7.49. The van der Waals surface area contributed by atoms with E-state index in [1.807, 2.05) is 6.92 Å². The fraction of sp³-hybridized carbons (Fsp3) is 0.500. The lowest BCUT2D eigenvalue weighted by Crippen LogP contribution is -2.43. The van der Waals surface area contributed by atoms with Gasteiger partial charge in [0.1, 0.15) is 0 Å². The van der Waals surface area contributed by atoms with Crippen molar-refractivity contribution in [3.05, 3.63) is 28.2 Å². The first-order valence-electron chi connectivity index (χ1n) is 7.70. The molecule has 0 saturated carbocycles. The highest BCUT2D eigenvalue weighted by molar-refractivity contribution is 6.35. The maximum Gasteiger partial charge on any atom is 0.244 e. The van der Waals surface area contributed by atoms with Crippen molar-refractivity contribution in [2.24, 2.45) is 0 Å². The number of hydrogen-bond acceptors (Lipinski definition) is 4. The highest BCUT2D eigenvalue weighted by Gasteiger charge is 2.17. The van der Waals surface area contributed by atoms with E-state index in [1.54, 1.807) is 25.3 Å². The van der Waals surface area contributed by atoms with Crippen LogP contribution in [-0.4, -0.2) is 56.6 Å². The summed E-state index contributed by atoms with van der Waals surface area (Å²) in [5.74, 6) is -0.460. The van der Waals surface area contributed by atoms with E-state index in [0.717, 1.165) is 6.42 Å². The van der Waals surface area contributed by atoms with Gasteiger partial charge in [0.2, 0.25) is 11.8 Å². The van der Waals surface area contributed by atoms with E-state index in [1.165, 1.54) is 4.90 Å². The SMILES string of the molecule is CCCN(CC(=O)Nc1cc(Cl)ccc1Cl)C(=O)CNCCOC. The van der Waals surface area contributed by atoms with Crippen molar-refractivity contribution in [1.82, 2.24) is 10.2 Å². The summed E-state index contributed by atoms with van der Waals surface area (Å²) in [6, 6.07) is 4.81. The number of carbonyl (C=O) groups is 2. The van der Waals surface area contributed by atoms with Crippen LogP contribution in [-0.2, 0) is 14.3 Å². The van der Waals surface area contributed by atoms with Crippen LogP contribution in [0, 0.1) is 0 Å². The average Bonchev–Trinajstić information content (AvgIpc) is 2.54. The first kappa shape index (κ1) is 20.7. The summed E-state index contributed by atoms with van der Waals surface area (Å²) in [5, 5.41) is 6.52. The van der Waals surface area contributed by atoms with Crippen molar-refractivity contribution >= 4 is 40.7 Å². The third-order valence-corrected chi connectivity index (χ3v) is 3.71. The van der Waals surface area contributed by atoms with Crippen LogP contribution in [0.2, 0.25) is 10.0 Å². The van der Waals surface area contributed by atoms with Crippen molar-refractivity contribution in [2.45, 2.75) is 13.3 Å². The molecular formula is C16H23Cl2N3O3. The van der Waals surface area contributed by atoms with Crippen LogP contribution < -0.4 is 10.6 Å². The lowest BCUT2D eigenvalue weighted by molar-refractivity contribution is -0.133. The second-order valence-electron chi connectivity index (χ2n) is 5.16. The van der Waals surface area contributed by atoms with Gasteiger partial charge in [0.05, 0.1) is 30.4 Å². The first-order valence-corrected chi connectivity index (χ1v) is 8.45. The van der Waals surface area contributed by atoms with E-state index >= 15 is 0 Å². The molecule has 0 unspecified atom stereocenters. The molecule has 0 bridgehead atoms. The number of benzene rings is 1. The Balaban J connectivity index is 2.58. The van der Waals surface area contributed by atoms with Crippen molar-refractivity contribution in [3.63, 3.8) is 0 Å². The number of anilines is 1. The third-order valence-electron chi connectivity index (χ3n) is 3.14. The first-order chi connectivity index (χ1) is 11.5. The molecule has 2 amide bonds. The number of rotatable bonds is 10. The highest BCUT2D eigenvalue weighted by Crippen LogP contribution is 2.25. The molecule has 0 fully saturated rings. The zero-order chi connectivity index (χ0) is 17.9. The number of ether oxygens (including phenoxy) is 1. The fourth-order valence-corrected chi connectivity index (χ4v) is 2.34. The molecule has 0 aromatic heterocycles. The van der Waals surface area contributed by atoms with Crippen molar-refractivity contribution in [2.75, 3.05) is 45.2 Å². The van der Waals surface area contributed by atoms with E-state index in [9.17, 15) is 9.59 Å². The van der Waals surface area contributed by atoms with Crippen LogP contribution in [0.4, 0.5) is 5.69 Å². The van der Waals surface area contributed by atoms with Gasteiger partial charge in [0.25, 0.3) is 0 Å². The molecule has 0 saturated heterocycles. The van der Waals surface area contributed by atoms with Crippen molar-refractivity contribution in [3.8, 4) is 0 Å². The number of nitrogens with one attached hydrogen (secondary N) is 2. The van der Waals surface area contributed by atoms with Gasteiger partial charge in [0.15, 0.2) is 0 Å². The summed E-state index contributed by atoms with van der Waals surface area (Å²) in [4.78, 5) is 25.9. The topological polar surface area (TPSA) is 70.7 Å². The van der Waals surface area contributed by atoms with Gasteiger partial charge in [-0.25, -0.2) is 0 Å². The maximum atomic E-state index is 12.2. The summed E-state index contributed by atoms with van der Waals surface area (Å²) < 4.78 is 4.91. The van der Waals surface area contributed by atoms with E-state index in [2.05, 4.69) is 10.6 Å². The number of methoxy groups -OCH3 is 1. The Labute approximate surface area is 152 Å². The fourth-order valence-electron chi connectivity index (χ4n) is 2.00. The van der Waals surface area contributed by atoms with Gasteiger partial charge in [-0.3, -0.25) is 9.59 Å². The molecule has 1 rings (SSSR count). The van der Waals surface area contributed by atoms with Gasteiger partial charge in [-0.1, -0.05) is 30.1 Å². The van der Waals surface area contributed by atoms with Crippen molar-refractivity contribution in [1.29, 1.82) is 0 Å². The Hall–Kier alpha value is -1.34. The van der Waals surface area contributed by atoms with Crippen LogP contribution in [0.3, 0.4) is 0 Å². The van der Waals surface area contributed by atoms with Crippen LogP contribution in [0.1, 0.15) is 13.3 Å². The summed E-state index contributed by atoms with van der Waals surface area (Å²) in [6.07, 6.45) is 0.759. The lowest BCUT2D eigenvalue weighted by atomic mass is 10.3. The molecule has 2 N–H and O–H groups in total. The zero-order valence-electron chi connectivity index (χ0n) is 13.9. The Morgan fingerprint density at radius 2 is 2.04 bits per heavy atom. The van der Waals surface area contributed by atoms with Crippen LogP contribution in [0.25, 0.3) is 0 Å². The summed E-state index contributed by atoms with van der Waals surface area (Å²) in [5.41, 5.74) is 0.427. The van der Waals surface area contributed by atoms with E-state index in [0.29, 0.717) is 35.4 Å². The second kappa shape index (κ2) is 11.3. The molecule has 6 nitrogen and oxygen atoms in total. The number of nitrogens with zero attached hydrogens (tertiary/aromatic N) is 1. The summed E-state index contributed by atoms with van der Waals surface area (Å²) in [7, 11) is 1.60. The lowest BCUT2D eigenvalue weighted by Gasteiger charge is -2.22. The molecule has 0 aliphatic heterocycles. The van der Waals surface area contributed by atoms with Gasteiger partial charge >= 0.3 is 0 Å². The molecular weight excluding hydrogens is 353 g/mol. The molecule has 8 heteroatoms. The number of halogens is 2. The Bertz CT molecular complexity index is 555. The Morgan fingerprint density at radius 1 is 1.29 bits per heavy atom. The minimum absolute atomic E-state index is 0.0402. The molecule has 0 aliphatic rings. The van der Waals surface area contributed by atoms with Crippen LogP contribution in [0.15, 0.2) is 18.2 Å². The molecule has 134 valence electrons. The summed E-state index contributed by atoms with van der Waals surface area (Å²) >= 11 is 11.9. The Kier molecular flexibility index (Phi) is 9.71. The monoisotopic (exact) mass is 375 g/mol. The molecule has 0 radical (unpaired) electrons. The minimum Gasteiger partial charge on any atom is -0.383 e. The maximum absolute atomic E-state index is 12.2. The molecule has 0 atom stereocenters. The summed E-state index contributed by atoms with van der Waals surface area (Å²) in [6.45, 7) is 3.67. The van der Waals surface area contributed by atoms with Crippen molar-refractivity contribution < 1.29 is 14.3 Å². The van der Waals surface area contributed by atoms with Gasteiger partial charge in [-0.05, 0) is 24.6 Å². The van der Waals surface area contributed by atoms with Gasteiger partial charge in [-0.2, -0.15) is 0 Å².